The Labute approximate surface area is 216 Å². The number of likely N-dealkylation sites (N-methyl/N-ethyl adjacent to an activating group) is 1. The van der Waals surface area contributed by atoms with Crippen molar-refractivity contribution in [2.75, 3.05) is 44.4 Å². The number of hydrogen-bond acceptors (Lipinski definition) is 6. The third-order valence-electron chi connectivity index (χ3n) is 5.45. The second kappa shape index (κ2) is 14.4. The Kier molecular flexibility index (Phi) is 11.4. The fourth-order valence-corrected chi connectivity index (χ4v) is 3.44. The summed E-state index contributed by atoms with van der Waals surface area (Å²) in [6.07, 6.45) is 0.0107. The van der Waals surface area contributed by atoms with Crippen LogP contribution >= 0.6 is 0 Å². The van der Waals surface area contributed by atoms with Gasteiger partial charge in [-0.2, -0.15) is 0 Å². The molecular formula is C26H35N5O6. The molecule has 0 bridgehead atoms. The lowest BCUT2D eigenvalue weighted by atomic mass is 10.1. The maximum Gasteiger partial charge on any atom is 0.323 e. The second-order valence-electron chi connectivity index (χ2n) is 8.69. The highest BCUT2D eigenvalue weighted by atomic mass is 16.5. The van der Waals surface area contributed by atoms with Gasteiger partial charge in [0.2, 0.25) is 0 Å². The zero-order valence-corrected chi connectivity index (χ0v) is 21.6. The first-order valence-corrected chi connectivity index (χ1v) is 11.9. The van der Waals surface area contributed by atoms with E-state index in [1.54, 1.807) is 32.2 Å². The minimum Gasteiger partial charge on any atom is -0.495 e. The number of nitrogens with zero attached hydrogens (tertiary/aromatic N) is 1. The summed E-state index contributed by atoms with van der Waals surface area (Å²) < 4.78 is 5.39. The monoisotopic (exact) mass is 513 g/mol. The van der Waals surface area contributed by atoms with E-state index in [1.165, 1.54) is 12.0 Å². The minimum absolute atomic E-state index is 0.0535. The van der Waals surface area contributed by atoms with E-state index >= 15 is 0 Å². The molecule has 11 heteroatoms. The molecule has 1 atom stereocenters. The van der Waals surface area contributed by atoms with E-state index in [0.29, 0.717) is 30.2 Å². The molecule has 2 aromatic carbocycles. The van der Waals surface area contributed by atoms with Crippen LogP contribution in [-0.4, -0.2) is 73.7 Å². The van der Waals surface area contributed by atoms with E-state index in [-0.39, 0.29) is 31.2 Å². The van der Waals surface area contributed by atoms with Gasteiger partial charge in [-0.3, -0.25) is 9.59 Å². The highest BCUT2D eigenvalue weighted by Crippen LogP contribution is 2.26. The standard InChI is InChI=1S/C26H35N5O6/c1-17-7-5-6-8-21(17)29-25(35)30-22-10-9-19(15-23(22)37-4)14-20(32)16-27-11-12-31(3)26(36)28-18(2)13-24(33)34/h5-10,15,18,27H,11-14,16H2,1-4H3,(H,28,36)(H,33,34)(H2,29,30,35). The van der Waals surface area contributed by atoms with Crippen molar-refractivity contribution in [2.24, 2.45) is 0 Å². The average Bonchev–Trinajstić information content (AvgIpc) is 2.83. The topological polar surface area (TPSA) is 149 Å². The molecule has 200 valence electrons. The number of urea groups is 2. The Morgan fingerprint density at radius 1 is 1.05 bits per heavy atom. The number of carbonyl (C=O) groups is 4. The summed E-state index contributed by atoms with van der Waals surface area (Å²) in [7, 11) is 3.08. The van der Waals surface area contributed by atoms with Gasteiger partial charge in [-0.15, -0.1) is 0 Å². The lowest BCUT2D eigenvalue weighted by molar-refractivity contribution is -0.137. The van der Waals surface area contributed by atoms with Gasteiger partial charge in [0.15, 0.2) is 5.78 Å². The van der Waals surface area contributed by atoms with Gasteiger partial charge in [0.25, 0.3) is 0 Å². The highest BCUT2D eigenvalue weighted by Gasteiger charge is 2.15. The molecule has 1 unspecified atom stereocenters. The third-order valence-corrected chi connectivity index (χ3v) is 5.45. The molecule has 0 saturated heterocycles. The van der Waals surface area contributed by atoms with Gasteiger partial charge in [0.1, 0.15) is 5.75 Å². The predicted molar refractivity (Wildman–Crippen MR) is 141 cm³/mol. The van der Waals surface area contributed by atoms with Crippen LogP contribution in [0.15, 0.2) is 42.5 Å². The summed E-state index contributed by atoms with van der Waals surface area (Å²) in [5, 5.41) is 19.9. The van der Waals surface area contributed by atoms with Crippen molar-refractivity contribution in [2.45, 2.75) is 32.7 Å². The predicted octanol–water partition coefficient (Wildman–Crippen LogP) is 2.85. The number of carboxylic acids is 1. The first kappa shape index (κ1) is 29.1. The molecule has 2 aromatic rings. The Hall–Kier alpha value is -4.12. The number of ketones is 1. The summed E-state index contributed by atoms with van der Waals surface area (Å²) in [6, 6.07) is 11.3. The molecule has 0 saturated carbocycles. The van der Waals surface area contributed by atoms with Gasteiger partial charge < -0.3 is 36.0 Å². The first-order chi connectivity index (χ1) is 17.6. The number of aryl methyl sites for hydroxylation is 1. The number of amides is 4. The number of Topliss-reactive ketones (excluding diaryl/α,β-unsaturated/α-hetero) is 1. The maximum atomic E-state index is 12.4. The van der Waals surface area contributed by atoms with Gasteiger partial charge >= 0.3 is 18.0 Å². The fraction of sp³-hybridized carbons (Fsp3) is 0.385. The van der Waals surface area contributed by atoms with Crippen LogP contribution < -0.4 is 26.0 Å². The van der Waals surface area contributed by atoms with Crippen molar-refractivity contribution in [3.63, 3.8) is 0 Å². The number of carboxylic acid groups (broad SMARTS) is 1. The van der Waals surface area contributed by atoms with Crippen LogP contribution in [0.1, 0.15) is 24.5 Å². The fourth-order valence-electron chi connectivity index (χ4n) is 3.44. The quantitative estimate of drug-likeness (QED) is 0.259. The molecule has 4 amide bonds. The van der Waals surface area contributed by atoms with E-state index in [0.717, 1.165) is 11.1 Å². The lowest BCUT2D eigenvalue weighted by Crippen LogP contribution is -2.45. The molecule has 0 fully saturated rings. The molecular weight excluding hydrogens is 478 g/mol. The van der Waals surface area contributed by atoms with Gasteiger partial charge in [-0.25, -0.2) is 9.59 Å². The van der Waals surface area contributed by atoms with Crippen molar-refractivity contribution in [1.82, 2.24) is 15.5 Å². The molecule has 11 nitrogen and oxygen atoms in total. The van der Waals surface area contributed by atoms with Crippen LogP contribution in [0.25, 0.3) is 0 Å². The zero-order valence-electron chi connectivity index (χ0n) is 21.6. The van der Waals surface area contributed by atoms with Crippen molar-refractivity contribution < 1.29 is 29.0 Å². The number of nitrogens with one attached hydrogen (secondary N) is 4. The van der Waals surface area contributed by atoms with Crippen LogP contribution in [-0.2, 0) is 16.0 Å². The second-order valence-corrected chi connectivity index (χ2v) is 8.69. The highest BCUT2D eigenvalue weighted by molar-refractivity contribution is 6.01. The van der Waals surface area contributed by atoms with Gasteiger partial charge in [-0.05, 0) is 43.2 Å². The third kappa shape index (κ3) is 10.2. The number of anilines is 2. The minimum atomic E-state index is -0.984. The molecule has 0 aromatic heterocycles. The number of benzene rings is 2. The van der Waals surface area contributed by atoms with Crippen molar-refractivity contribution >= 4 is 35.2 Å². The van der Waals surface area contributed by atoms with E-state index < -0.39 is 18.0 Å². The summed E-state index contributed by atoms with van der Waals surface area (Å²) >= 11 is 0. The summed E-state index contributed by atoms with van der Waals surface area (Å²) in [5.41, 5.74) is 2.85. The molecule has 0 aliphatic carbocycles. The molecule has 0 aliphatic rings. The molecule has 37 heavy (non-hydrogen) atoms. The van der Waals surface area contributed by atoms with Crippen molar-refractivity contribution in [3.8, 4) is 5.75 Å². The maximum absolute atomic E-state index is 12.4. The molecule has 0 spiro atoms. The van der Waals surface area contributed by atoms with E-state index in [2.05, 4.69) is 21.3 Å². The molecule has 2 rings (SSSR count). The largest absolute Gasteiger partial charge is 0.495 e. The number of methoxy groups -OCH3 is 1. The number of ether oxygens (including phenoxy) is 1. The number of hydrogen-bond donors (Lipinski definition) is 5. The van der Waals surface area contributed by atoms with E-state index in [4.69, 9.17) is 9.84 Å². The van der Waals surface area contributed by atoms with Crippen molar-refractivity contribution in [3.05, 3.63) is 53.6 Å². The number of rotatable bonds is 13. The smallest absolute Gasteiger partial charge is 0.323 e. The van der Waals surface area contributed by atoms with Crippen LogP contribution in [0.5, 0.6) is 5.75 Å². The zero-order chi connectivity index (χ0) is 27.4. The summed E-state index contributed by atoms with van der Waals surface area (Å²) in [4.78, 5) is 49.0. The van der Waals surface area contributed by atoms with Crippen LogP contribution in [0.3, 0.4) is 0 Å². The number of carbonyl (C=O) groups excluding carboxylic acids is 3. The summed E-state index contributed by atoms with van der Waals surface area (Å²) in [6.45, 7) is 4.38. The molecule has 0 heterocycles. The Morgan fingerprint density at radius 3 is 2.43 bits per heavy atom. The number of para-hydroxylation sites is 1. The Bertz CT molecular complexity index is 1110. The van der Waals surface area contributed by atoms with Crippen LogP contribution in [0.4, 0.5) is 21.0 Å². The number of aliphatic carboxylic acids is 1. The first-order valence-electron chi connectivity index (χ1n) is 11.9. The average molecular weight is 514 g/mol. The lowest BCUT2D eigenvalue weighted by Gasteiger charge is -2.20. The SMILES string of the molecule is COc1cc(CC(=O)CNCCN(C)C(=O)NC(C)CC(=O)O)ccc1NC(=O)Nc1ccccc1C. The van der Waals surface area contributed by atoms with Crippen molar-refractivity contribution in [1.29, 1.82) is 0 Å². The van der Waals surface area contributed by atoms with Gasteiger partial charge in [0, 0.05) is 38.3 Å². The van der Waals surface area contributed by atoms with E-state index in [1.807, 2.05) is 31.2 Å². The normalized spacial score (nSPS) is 11.2. The Balaban J connectivity index is 1.79. The van der Waals surface area contributed by atoms with E-state index in [9.17, 15) is 19.2 Å². The van der Waals surface area contributed by atoms with Gasteiger partial charge in [-0.1, -0.05) is 24.3 Å². The molecule has 0 aliphatic heterocycles. The summed E-state index contributed by atoms with van der Waals surface area (Å²) in [5.74, 6) is -0.604. The Morgan fingerprint density at radius 2 is 1.76 bits per heavy atom. The van der Waals surface area contributed by atoms with Crippen LogP contribution in [0, 0.1) is 6.92 Å². The van der Waals surface area contributed by atoms with Crippen LogP contribution in [0.2, 0.25) is 0 Å². The molecule has 0 radical (unpaired) electrons. The van der Waals surface area contributed by atoms with Gasteiger partial charge in [0.05, 0.1) is 25.8 Å². The molecule has 5 N–H and O–H groups in total.